The molecule has 1 aromatic heterocycles. The van der Waals surface area contributed by atoms with Crippen molar-refractivity contribution in [1.29, 1.82) is 0 Å². The van der Waals surface area contributed by atoms with E-state index in [1.807, 2.05) is 19.1 Å². The molecule has 0 aliphatic rings. The van der Waals surface area contributed by atoms with Crippen molar-refractivity contribution in [3.05, 3.63) is 53.2 Å². The van der Waals surface area contributed by atoms with Crippen LogP contribution in [0.5, 0.6) is 0 Å². The molecule has 16 heavy (non-hydrogen) atoms. The van der Waals surface area contributed by atoms with Gasteiger partial charge in [0.25, 0.3) is 0 Å². The second-order valence-electron chi connectivity index (χ2n) is 3.59. The van der Waals surface area contributed by atoms with Crippen LogP contribution in [0.3, 0.4) is 0 Å². The number of rotatable bonds is 4. The average molecular weight is 213 g/mol. The Balaban J connectivity index is 3.28. The van der Waals surface area contributed by atoms with Crippen LogP contribution < -0.4 is 10.6 Å². The van der Waals surface area contributed by atoms with Crippen molar-refractivity contribution in [1.82, 2.24) is 4.98 Å². The van der Waals surface area contributed by atoms with Crippen molar-refractivity contribution < 1.29 is 0 Å². The van der Waals surface area contributed by atoms with Crippen LogP contribution in [0.4, 0.5) is 0 Å². The third-order valence-corrected chi connectivity index (χ3v) is 2.30. The number of hydrogen-bond acceptors (Lipinski definition) is 0. The molecule has 84 valence electrons. The maximum atomic E-state index is 4.02. The summed E-state index contributed by atoms with van der Waals surface area (Å²) < 4.78 is 0. The van der Waals surface area contributed by atoms with Gasteiger partial charge in [0.2, 0.25) is 0 Å². The molecule has 1 heterocycles. The highest BCUT2D eigenvalue weighted by molar-refractivity contribution is 5.73. The first-order chi connectivity index (χ1) is 7.72. The van der Waals surface area contributed by atoms with E-state index in [9.17, 15) is 0 Å². The van der Waals surface area contributed by atoms with Crippen LogP contribution in [0.25, 0.3) is 18.2 Å². The molecule has 0 radical (unpaired) electrons. The minimum Gasteiger partial charge on any atom is -0.355 e. The van der Waals surface area contributed by atoms with Crippen LogP contribution in [0.1, 0.15) is 26.0 Å². The van der Waals surface area contributed by atoms with E-state index in [0.29, 0.717) is 0 Å². The molecule has 0 fully saturated rings. The highest BCUT2D eigenvalue weighted by Crippen LogP contribution is 2.10. The van der Waals surface area contributed by atoms with Crippen molar-refractivity contribution in [3.63, 3.8) is 0 Å². The lowest BCUT2D eigenvalue weighted by atomic mass is 10.1. The first-order valence-electron chi connectivity index (χ1n) is 5.56. The molecule has 0 saturated heterocycles. The predicted molar refractivity (Wildman–Crippen MR) is 73.3 cm³/mol. The maximum Gasteiger partial charge on any atom is 0.0464 e. The summed E-state index contributed by atoms with van der Waals surface area (Å²) in [6.45, 7) is 11.9. The summed E-state index contributed by atoms with van der Waals surface area (Å²) in [6, 6.07) is 2.07. The van der Waals surface area contributed by atoms with Gasteiger partial charge in [0.1, 0.15) is 0 Å². The van der Waals surface area contributed by atoms with E-state index in [-0.39, 0.29) is 0 Å². The molecule has 0 atom stereocenters. The number of allylic oxidation sites excluding steroid dienone is 5. The average Bonchev–Trinajstić information content (AvgIpc) is 2.61. The molecule has 0 aliphatic carbocycles. The highest BCUT2D eigenvalue weighted by Gasteiger charge is 1.98. The Labute approximate surface area is 97.2 Å². The summed E-state index contributed by atoms with van der Waals surface area (Å²) in [5, 5.41) is 2.15. The summed E-state index contributed by atoms with van der Waals surface area (Å²) in [5.74, 6) is 0. The summed E-state index contributed by atoms with van der Waals surface area (Å²) in [6.07, 6.45) is 11.0. The third-order valence-electron chi connectivity index (χ3n) is 2.30. The fourth-order valence-corrected chi connectivity index (χ4v) is 1.60. The monoisotopic (exact) mass is 213 g/mol. The molecule has 1 nitrogen and oxygen atoms in total. The van der Waals surface area contributed by atoms with E-state index in [2.05, 4.69) is 43.3 Å². The van der Waals surface area contributed by atoms with Crippen molar-refractivity contribution in [3.8, 4) is 0 Å². The Bertz CT molecular complexity index is 512. The Morgan fingerprint density at radius 2 is 2.25 bits per heavy atom. The van der Waals surface area contributed by atoms with Crippen molar-refractivity contribution in [2.24, 2.45) is 0 Å². The van der Waals surface area contributed by atoms with Gasteiger partial charge < -0.3 is 4.98 Å². The molecule has 0 unspecified atom stereocenters. The summed E-state index contributed by atoms with van der Waals surface area (Å²) in [4.78, 5) is 3.37. The van der Waals surface area contributed by atoms with Gasteiger partial charge in [-0.1, -0.05) is 50.5 Å². The van der Waals surface area contributed by atoms with Crippen LogP contribution in [0.2, 0.25) is 0 Å². The fraction of sp³-hybridized carbons (Fsp3) is 0.200. The zero-order valence-electron chi connectivity index (χ0n) is 10.1. The number of aromatic nitrogens is 1. The number of H-pyrrole nitrogens is 1. The van der Waals surface area contributed by atoms with Crippen LogP contribution in [0.15, 0.2) is 36.9 Å². The van der Waals surface area contributed by atoms with Crippen molar-refractivity contribution in [2.75, 3.05) is 0 Å². The van der Waals surface area contributed by atoms with E-state index < -0.39 is 0 Å². The molecule has 0 spiro atoms. The molecule has 0 saturated carbocycles. The van der Waals surface area contributed by atoms with E-state index >= 15 is 0 Å². The highest BCUT2D eigenvalue weighted by atomic mass is 14.7. The molecular weight excluding hydrogens is 194 g/mol. The molecule has 1 N–H and O–H groups in total. The molecular formula is C15H19N. The van der Waals surface area contributed by atoms with Crippen LogP contribution in [-0.2, 0) is 0 Å². The Hall–Kier alpha value is -1.76. The van der Waals surface area contributed by atoms with Crippen LogP contribution in [0, 0.1) is 0 Å². The van der Waals surface area contributed by atoms with E-state index in [0.717, 1.165) is 28.3 Å². The normalized spacial score (nSPS) is 13.6. The van der Waals surface area contributed by atoms with Gasteiger partial charge in [-0.15, -0.1) is 0 Å². The van der Waals surface area contributed by atoms with Gasteiger partial charge in [0.05, 0.1) is 0 Å². The van der Waals surface area contributed by atoms with Crippen LogP contribution >= 0.6 is 0 Å². The first kappa shape index (κ1) is 12.3. The SMILES string of the molecule is C=C/C=C(\C=C/C)c1cc(=C)/c(=C\CC)[nH]1. The fourth-order valence-electron chi connectivity index (χ4n) is 1.60. The summed E-state index contributed by atoms with van der Waals surface area (Å²) in [7, 11) is 0. The summed E-state index contributed by atoms with van der Waals surface area (Å²) >= 11 is 0. The number of hydrogen-bond donors (Lipinski definition) is 1. The zero-order valence-corrected chi connectivity index (χ0v) is 10.1. The largest absolute Gasteiger partial charge is 0.355 e. The van der Waals surface area contributed by atoms with Gasteiger partial charge in [-0.2, -0.15) is 0 Å². The molecule has 0 aromatic carbocycles. The molecule has 1 aromatic rings. The van der Waals surface area contributed by atoms with Crippen molar-refractivity contribution in [2.45, 2.75) is 20.3 Å². The lowest BCUT2D eigenvalue weighted by molar-refractivity contribution is 1.22. The third kappa shape index (κ3) is 2.86. The Morgan fingerprint density at radius 3 is 2.81 bits per heavy atom. The summed E-state index contributed by atoms with van der Waals surface area (Å²) in [5.41, 5.74) is 2.21. The van der Waals surface area contributed by atoms with Gasteiger partial charge >= 0.3 is 0 Å². The van der Waals surface area contributed by atoms with E-state index in [4.69, 9.17) is 0 Å². The second-order valence-corrected chi connectivity index (χ2v) is 3.59. The van der Waals surface area contributed by atoms with E-state index in [1.54, 1.807) is 6.08 Å². The standard InChI is InChI=1S/C15H19N/c1-5-8-13(9-6-2)15-11-12(4)14(16-15)10-7-3/h5-6,8-11,16H,1,4,7H2,2-3H3/b9-6-,13-8+,14-10+. The lowest BCUT2D eigenvalue weighted by Gasteiger charge is -1.96. The zero-order chi connectivity index (χ0) is 12.0. The smallest absolute Gasteiger partial charge is 0.0464 e. The Kier molecular flexibility index (Phi) is 4.59. The van der Waals surface area contributed by atoms with Crippen molar-refractivity contribution >= 4 is 18.2 Å². The maximum absolute atomic E-state index is 4.02. The quantitative estimate of drug-likeness (QED) is 0.740. The van der Waals surface area contributed by atoms with Gasteiger partial charge in [-0.25, -0.2) is 0 Å². The molecule has 1 rings (SSSR count). The van der Waals surface area contributed by atoms with Gasteiger partial charge in [-0.3, -0.25) is 0 Å². The number of aromatic amines is 1. The second kappa shape index (κ2) is 5.96. The van der Waals surface area contributed by atoms with Gasteiger partial charge in [0, 0.05) is 11.0 Å². The van der Waals surface area contributed by atoms with E-state index in [1.165, 1.54) is 0 Å². The van der Waals surface area contributed by atoms with Crippen LogP contribution in [-0.4, -0.2) is 4.98 Å². The lowest BCUT2D eigenvalue weighted by Crippen LogP contribution is -2.19. The molecule has 1 heteroatoms. The molecule has 0 amide bonds. The molecule has 0 aliphatic heterocycles. The first-order valence-corrected chi connectivity index (χ1v) is 5.56. The number of nitrogens with one attached hydrogen (secondary N) is 1. The van der Waals surface area contributed by atoms with Gasteiger partial charge in [0.15, 0.2) is 0 Å². The minimum absolute atomic E-state index is 1.01. The predicted octanol–water partition coefficient (Wildman–Crippen LogP) is 2.76. The molecule has 0 bridgehead atoms. The van der Waals surface area contributed by atoms with Gasteiger partial charge in [-0.05, 0) is 30.2 Å². The Morgan fingerprint density at radius 1 is 1.50 bits per heavy atom. The minimum atomic E-state index is 1.01. The topological polar surface area (TPSA) is 15.8 Å².